The summed E-state index contributed by atoms with van der Waals surface area (Å²) >= 11 is 0. The summed E-state index contributed by atoms with van der Waals surface area (Å²) in [6.07, 6.45) is 11.0. The van der Waals surface area contributed by atoms with Gasteiger partial charge in [-0.15, -0.1) is 19.4 Å². The molecule has 0 aromatic carbocycles. The maximum Gasteiger partial charge on any atom is 0.274 e. The minimum Gasteiger partial charge on any atom is -0.320 e. The van der Waals surface area contributed by atoms with Crippen LogP contribution in [-0.4, -0.2) is 32.8 Å². The molecule has 16 heavy (non-hydrogen) atoms. The Hall–Kier alpha value is -1.00. The molecule has 0 N–H and O–H groups in total. The predicted octanol–water partition coefficient (Wildman–Crippen LogP) is 1.11. The highest BCUT2D eigenvalue weighted by Crippen LogP contribution is 2.45. The van der Waals surface area contributed by atoms with E-state index in [2.05, 4.69) is 22.6 Å². The van der Waals surface area contributed by atoms with Crippen LogP contribution in [0.3, 0.4) is 0 Å². The fourth-order valence-corrected chi connectivity index (χ4v) is 5.37. The fourth-order valence-electron chi connectivity index (χ4n) is 0.957. The molecule has 88 valence electrons. The van der Waals surface area contributed by atoms with E-state index in [1.807, 2.05) is 0 Å². The van der Waals surface area contributed by atoms with Crippen LogP contribution in [0.4, 0.5) is 0 Å². The Morgan fingerprint density at radius 1 is 1.31 bits per heavy atom. The Morgan fingerprint density at radius 3 is 2.19 bits per heavy atom. The molecule has 0 aromatic rings. The van der Waals surface area contributed by atoms with Crippen LogP contribution in [0, 0.1) is 24.7 Å². The SMILES string of the molecule is C#CCP(=O)(CC#C)CS(=O)(=O)OCC=C. The van der Waals surface area contributed by atoms with Crippen molar-refractivity contribution in [2.45, 2.75) is 0 Å². The maximum absolute atomic E-state index is 12.0. The smallest absolute Gasteiger partial charge is 0.274 e. The molecule has 0 radical (unpaired) electrons. The third-order valence-corrected chi connectivity index (χ3v) is 6.68. The lowest BCUT2D eigenvalue weighted by atomic mass is 10.7. The molecule has 0 aliphatic carbocycles. The van der Waals surface area contributed by atoms with Crippen molar-refractivity contribution in [2.24, 2.45) is 0 Å². The average molecular weight is 260 g/mol. The first-order chi connectivity index (χ1) is 7.39. The van der Waals surface area contributed by atoms with Crippen LogP contribution in [0.15, 0.2) is 12.7 Å². The van der Waals surface area contributed by atoms with Gasteiger partial charge in [0.25, 0.3) is 10.1 Å². The molecule has 4 nitrogen and oxygen atoms in total. The first kappa shape index (κ1) is 15.0. The minimum absolute atomic E-state index is 0.145. The second kappa shape index (κ2) is 6.55. The molecule has 6 heteroatoms. The third-order valence-electron chi connectivity index (χ3n) is 1.52. The first-order valence-corrected chi connectivity index (χ1v) is 8.15. The van der Waals surface area contributed by atoms with Gasteiger partial charge in [0.2, 0.25) is 0 Å². The van der Waals surface area contributed by atoms with Gasteiger partial charge in [0.05, 0.1) is 18.9 Å². The van der Waals surface area contributed by atoms with Gasteiger partial charge in [-0.1, -0.05) is 17.9 Å². The van der Waals surface area contributed by atoms with Crippen molar-refractivity contribution in [3.8, 4) is 24.7 Å². The number of terminal acetylenes is 2. The highest BCUT2D eigenvalue weighted by molar-refractivity contribution is 7.95. The lowest BCUT2D eigenvalue weighted by Gasteiger charge is -2.12. The number of rotatable bonds is 7. The van der Waals surface area contributed by atoms with E-state index in [1.54, 1.807) is 0 Å². The van der Waals surface area contributed by atoms with Crippen LogP contribution < -0.4 is 0 Å². The first-order valence-electron chi connectivity index (χ1n) is 4.31. The number of hydrogen-bond donors (Lipinski definition) is 0. The molecular formula is C10H13O4PS. The zero-order valence-electron chi connectivity index (χ0n) is 8.76. The zero-order chi connectivity index (χ0) is 12.7. The van der Waals surface area contributed by atoms with E-state index in [4.69, 9.17) is 12.8 Å². The molecular weight excluding hydrogens is 247 g/mol. The topological polar surface area (TPSA) is 60.4 Å². The summed E-state index contributed by atoms with van der Waals surface area (Å²) in [6.45, 7) is 3.15. The largest absolute Gasteiger partial charge is 0.320 e. The Morgan fingerprint density at radius 2 is 1.81 bits per heavy atom. The lowest BCUT2D eigenvalue weighted by molar-refractivity contribution is 0.360. The van der Waals surface area contributed by atoms with Crippen molar-refractivity contribution in [3.63, 3.8) is 0 Å². The van der Waals surface area contributed by atoms with Crippen molar-refractivity contribution in [1.29, 1.82) is 0 Å². The summed E-state index contributed by atoms with van der Waals surface area (Å²) in [5.74, 6) is 4.35. The van der Waals surface area contributed by atoms with Crippen LogP contribution in [0.2, 0.25) is 0 Å². The molecule has 0 aliphatic rings. The molecule has 0 fully saturated rings. The standard InChI is InChI=1S/C10H13O4PS/c1-4-7-14-16(12,13)10-15(11,8-5-2)9-6-3/h2-4H,1,7-10H2. The zero-order valence-corrected chi connectivity index (χ0v) is 10.5. The van der Waals surface area contributed by atoms with E-state index in [0.29, 0.717) is 0 Å². The maximum atomic E-state index is 12.0. The second-order valence-electron chi connectivity index (χ2n) is 3.04. The molecule has 0 rings (SSSR count). The van der Waals surface area contributed by atoms with Gasteiger partial charge in [-0.2, -0.15) is 8.42 Å². The van der Waals surface area contributed by atoms with E-state index in [1.165, 1.54) is 6.08 Å². The van der Waals surface area contributed by atoms with Gasteiger partial charge in [-0.05, 0) is 0 Å². The highest BCUT2D eigenvalue weighted by atomic mass is 32.2. The van der Waals surface area contributed by atoms with Crippen LogP contribution >= 0.6 is 7.14 Å². The van der Waals surface area contributed by atoms with Crippen molar-refractivity contribution in [2.75, 3.05) is 24.4 Å². The molecule has 0 saturated heterocycles. The van der Waals surface area contributed by atoms with Crippen molar-refractivity contribution in [3.05, 3.63) is 12.7 Å². The van der Waals surface area contributed by atoms with Gasteiger partial charge >= 0.3 is 0 Å². The van der Waals surface area contributed by atoms with E-state index < -0.39 is 22.8 Å². The Balaban J connectivity index is 4.78. The highest BCUT2D eigenvalue weighted by Gasteiger charge is 2.28. The van der Waals surface area contributed by atoms with E-state index in [0.717, 1.165) is 0 Å². The molecule has 0 atom stereocenters. The van der Waals surface area contributed by atoms with E-state index in [9.17, 15) is 13.0 Å². The Kier molecular flexibility index (Phi) is 6.14. The third kappa shape index (κ3) is 5.78. The molecule has 0 aliphatic heterocycles. The van der Waals surface area contributed by atoms with E-state index in [-0.39, 0.29) is 18.9 Å². The molecule has 0 aromatic heterocycles. The summed E-state index contributed by atoms with van der Waals surface area (Å²) in [5, 5.41) is 0. The minimum atomic E-state index is -3.87. The van der Waals surface area contributed by atoms with Crippen LogP contribution in [0.5, 0.6) is 0 Å². The molecule has 0 bridgehead atoms. The quantitative estimate of drug-likeness (QED) is 0.298. The van der Waals surface area contributed by atoms with E-state index >= 15 is 0 Å². The van der Waals surface area contributed by atoms with Crippen molar-refractivity contribution in [1.82, 2.24) is 0 Å². The van der Waals surface area contributed by atoms with Gasteiger partial charge in [0, 0.05) is 0 Å². The van der Waals surface area contributed by atoms with Gasteiger partial charge in [0.1, 0.15) is 12.6 Å². The van der Waals surface area contributed by atoms with Crippen LogP contribution in [0.1, 0.15) is 0 Å². The average Bonchev–Trinajstić information content (AvgIpc) is 2.14. The molecule has 0 amide bonds. The molecule has 0 unspecified atom stereocenters. The summed E-state index contributed by atoms with van der Waals surface area (Å²) in [5.41, 5.74) is -0.623. The van der Waals surface area contributed by atoms with Gasteiger partial charge in [-0.25, -0.2) is 0 Å². The predicted molar refractivity (Wildman–Crippen MR) is 64.9 cm³/mol. The van der Waals surface area contributed by atoms with Crippen molar-refractivity contribution >= 4 is 17.3 Å². The molecule has 0 heterocycles. The Bertz CT molecular complexity index is 444. The van der Waals surface area contributed by atoms with Crippen molar-refractivity contribution < 1.29 is 17.2 Å². The van der Waals surface area contributed by atoms with Crippen LogP contribution in [0.25, 0.3) is 0 Å². The lowest BCUT2D eigenvalue weighted by Crippen LogP contribution is -2.13. The van der Waals surface area contributed by atoms with Gasteiger partial charge < -0.3 is 4.57 Å². The number of hydrogen-bond acceptors (Lipinski definition) is 4. The monoisotopic (exact) mass is 260 g/mol. The van der Waals surface area contributed by atoms with Gasteiger partial charge in [-0.3, -0.25) is 4.18 Å². The summed E-state index contributed by atoms with van der Waals surface area (Å²) in [7, 11) is -6.97. The molecule has 0 saturated carbocycles. The summed E-state index contributed by atoms with van der Waals surface area (Å²) < 4.78 is 39.3. The van der Waals surface area contributed by atoms with Gasteiger partial charge in [0.15, 0.2) is 0 Å². The fraction of sp³-hybridized carbons (Fsp3) is 0.400. The van der Waals surface area contributed by atoms with Crippen LogP contribution in [-0.2, 0) is 18.9 Å². The normalized spacial score (nSPS) is 11.4. The summed E-state index contributed by atoms with van der Waals surface area (Å²) in [4.78, 5) is 0. The molecule has 0 spiro atoms. The summed E-state index contributed by atoms with van der Waals surface area (Å²) in [6, 6.07) is 0. The second-order valence-corrected chi connectivity index (χ2v) is 8.18. The Labute approximate surface area is 96.6 Å².